The molecule has 0 saturated carbocycles. The first-order chi connectivity index (χ1) is 14.2. The fourth-order valence-corrected chi connectivity index (χ4v) is 3.56. The topological polar surface area (TPSA) is 102 Å². The van der Waals surface area contributed by atoms with Crippen LogP contribution in [-0.4, -0.2) is 27.1 Å². The van der Waals surface area contributed by atoms with Crippen molar-refractivity contribution in [3.63, 3.8) is 0 Å². The van der Waals surface area contributed by atoms with Crippen LogP contribution in [0.3, 0.4) is 0 Å². The number of aliphatic hydroxyl groups excluding tert-OH is 2. The summed E-state index contributed by atoms with van der Waals surface area (Å²) < 4.78 is 17.1. The molecule has 2 aromatic heterocycles. The number of aliphatic hydroxyl groups is 2. The summed E-state index contributed by atoms with van der Waals surface area (Å²) in [5.41, 5.74) is 5.38. The molecule has 1 atom stereocenters. The SMILES string of the molecule is Cc1c(-c2ccccc2)noc1-c1onc2c1COc1cc(C(O)CO)ccc1-2. The normalized spacial score (nSPS) is 13.5. The van der Waals surface area contributed by atoms with Crippen LogP contribution in [0.4, 0.5) is 0 Å². The Balaban J connectivity index is 1.56. The fraction of sp³-hybridized carbons (Fsp3) is 0.182. The van der Waals surface area contributed by atoms with Gasteiger partial charge in [-0.25, -0.2) is 0 Å². The number of fused-ring (bicyclic) bond motifs is 3. The summed E-state index contributed by atoms with van der Waals surface area (Å²) in [6.07, 6.45) is -0.952. The molecule has 0 spiro atoms. The maximum Gasteiger partial charge on any atom is 0.212 e. The lowest BCUT2D eigenvalue weighted by molar-refractivity contribution is 0.0953. The van der Waals surface area contributed by atoms with Gasteiger partial charge < -0.3 is 24.0 Å². The van der Waals surface area contributed by atoms with Gasteiger partial charge in [-0.3, -0.25) is 0 Å². The summed E-state index contributed by atoms with van der Waals surface area (Å²) in [5.74, 6) is 1.61. The highest BCUT2D eigenvalue weighted by molar-refractivity contribution is 5.79. The van der Waals surface area contributed by atoms with Crippen LogP contribution in [-0.2, 0) is 6.61 Å². The van der Waals surface area contributed by atoms with Gasteiger partial charge in [0, 0.05) is 16.7 Å². The largest absolute Gasteiger partial charge is 0.488 e. The lowest BCUT2D eigenvalue weighted by atomic mass is 9.98. The number of hydrogen-bond acceptors (Lipinski definition) is 7. The van der Waals surface area contributed by atoms with Crippen LogP contribution in [0.25, 0.3) is 34.0 Å². The van der Waals surface area contributed by atoms with Gasteiger partial charge in [-0.15, -0.1) is 0 Å². The van der Waals surface area contributed by atoms with Crippen LogP contribution in [0, 0.1) is 6.92 Å². The van der Waals surface area contributed by atoms with E-state index in [1.165, 1.54) is 0 Å². The van der Waals surface area contributed by atoms with Crippen LogP contribution in [0.15, 0.2) is 57.6 Å². The highest BCUT2D eigenvalue weighted by Crippen LogP contribution is 2.43. The van der Waals surface area contributed by atoms with E-state index in [9.17, 15) is 5.11 Å². The van der Waals surface area contributed by atoms with Crippen LogP contribution in [0.1, 0.15) is 22.8 Å². The molecule has 0 amide bonds. The molecule has 0 aliphatic carbocycles. The molecule has 0 fully saturated rings. The summed E-state index contributed by atoms with van der Waals surface area (Å²) >= 11 is 0. The van der Waals surface area contributed by atoms with E-state index in [-0.39, 0.29) is 13.2 Å². The Morgan fingerprint density at radius 1 is 1.00 bits per heavy atom. The third-order valence-corrected chi connectivity index (χ3v) is 5.16. The molecule has 1 aliphatic heterocycles. The summed E-state index contributed by atoms with van der Waals surface area (Å²) in [6, 6.07) is 15.0. The lowest BCUT2D eigenvalue weighted by Gasteiger charge is -2.18. The molecular formula is C22H18N2O5. The van der Waals surface area contributed by atoms with Crippen molar-refractivity contribution >= 4 is 0 Å². The zero-order valence-electron chi connectivity index (χ0n) is 15.6. The zero-order valence-corrected chi connectivity index (χ0v) is 15.6. The van der Waals surface area contributed by atoms with Crippen molar-refractivity contribution in [3.05, 3.63) is 65.2 Å². The third kappa shape index (κ3) is 2.83. The Bertz CT molecular complexity index is 1180. The van der Waals surface area contributed by atoms with Gasteiger partial charge in [0.15, 0.2) is 0 Å². The summed E-state index contributed by atoms with van der Waals surface area (Å²) in [5, 5.41) is 27.5. The van der Waals surface area contributed by atoms with Crippen LogP contribution in [0.5, 0.6) is 5.75 Å². The molecule has 2 aromatic carbocycles. The zero-order chi connectivity index (χ0) is 20.0. The van der Waals surface area contributed by atoms with Gasteiger partial charge in [0.25, 0.3) is 0 Å². The van der Waals surface area contributed by atoms with Crippen LogP contribution < -0.4 is 4.74 Å². The highest BCUT2D eigenvalue weighted by atomic mass is 16.5. The van der Waals surface area contributed by atoms with Gasteiger partial charge in [-0.1, -0.05) is 46.7 Å². The minimum absolute atomic E-state index is 0.251. The fourth-order valence-electron chi connectivity index (χ4n) is 3.56. The second-order valence-electron chi connectivity index (χ2n) is 6.93. The molecule has 29 heavy (non-hydrogen) atoms. The van der Waals surface area contributed by atoms with Gasteiger partial charge in [0.05, 0.1) is 12.2 Å². The van der Waals surface area contributed by atoms with Crippen molar-refractivity contribution in [2.24, 2.45) is 0 Å². The molecular weight excluding hydrogens is 372 g/mol. The minimum Gasteiger partial charge on any atom is -0.488 e. The molecule has 1 unspecified atom stereocenters. The van der Waals surface area contributed by atoms with Crippen molar-refractivity contribution in [2.75, 3.05) is 6.61 Å². The molecule has 7 nitrogen and oxygen atoms in total. The molecule has 2 N–H and O–H groups in total. The van der Waals surface area contributed by atoms with Crippen molar-refractivity contribution in [1.82, 2.24) is 10.3 Å². The number of nitrogens with zero attached hydrogens (tertiary/aromatic N) is 2. The molecule has 146 valence electrons. The van der Waals surface area contributed by atoms with Gasteiger partial charge in [-0.05, 0) is 24.6 Å². The first kappa shape index (κ1) is 17.7. The quantitative estimate of drug-likeness (QED) is 0.545. The van der Waals surface area contributed by atoms with Crippen LogP contribution in [0.2, 0.25) is 0 Å². The van der Waals surface area contributed by atoms with E-state index in [2.05, 4.69) is 10.3 Å². The molecule has 4 aromatic rings. The first-order valence-electron chi connectivity index (χ1n) is 9.24. The lowest BCUT2D eigenvalue weighted by Crippen LogP contribution is -2.08. The highest BCUT2D eigenvalue weighted by Gasteiger charge is 2.30. The second-order valence-corrected chi connectivity index (χ2v) is 6.93. The Hall–Kier alpha value is -3.42. The van der Waals surface area contributed by atoms with Gasteiger partial charge in [0.2, 0.25) is 11.5 Å². The summed E-state index contributed by atoms with van der Waals surface area (Å²) in [7, 11) is 0. The third-order valence-electron chi connectivity index (χ3n) is 5.16. The second kappa shape index (κ2) is 6.88. The Morgan fingerprint density at radius 3 is 2.55 bits per heavy atom. The Morgan fingerprint density at radius 2 is 1.76 bits per heavy atom. The number of rotatable bonds is 4. The molecule has 1 aliphatic rings. The van der Waals surface area contributed by atoms with E-state index in [1.807, 2.05) is 37.3 Å². The minimum atomic E-state index is -0.952. The van der Waals surface area contributed by atoms with Crippen molar-refractivity contribution in [2.45, 2.75) is 19.6 Å². The smallest absolute Gasteiger partial charge is 0.212 e. The molecule has 5 rings (SSSR count). The Labute approximate surface area is 166 Å². The standard InChI is InChI=1S/C22H18N2O5/c1-12-19(13-5-3-2-4-6-13)23-28-21(12)22-16-11-27-18-9-14(17(26)10-25)7-8-15(18)20(16)24-29-22/h2-9,17,25-26H,10-11H2,1H3. The van der Waals surface area contributed by atoms with Crippen molar-refractivity contribution in [1.29, 1.82) is 0 Å². The van der Waals surface area contributed by atoms with Gasteiger partial charge >= 0.3 is 0 Å². The van der Waals surface area contributed by atoms with Gasteiger partial charge in [0.1, 0.15) is 29.8 Å². The number of benzene rings is 2. The number of aromatic nitrogens is 2. The monoisotopic (exact) mass is 390 g/mol. The average molecular weight is 390 g/mol. The first-order valence-corrected chi connectivity index (χ1v) is 9.24. The van der Waals surface area contributed by atoms with E-state index >= 15 is 0 Å². The van der Waals surface area contributed by atoms with Crippen molar-refractivity contribution < 1.29 is 24.0 Å². The van der Waals surface area contributed by atoms with Crippen LogP contribution >= 0.6 is 0 Å². The molecule has 7 heteroatoms. The molecule has 3 heterocycles. The van der Waals surface area contributed by atoms with E-state index in [4.69, 9.17) is 18.9 Å². The molecule has 0 radical (unpaired) electrons. The number of ether oxygens (including phenoxy) is 1. The molecule has 0 saturated heterocycles. The Kier molecular flexibility index (Phi) is 4.19. The van der Waals surface area contributed by atoms with E-state index in [0.717, 1.165) is 27.9 Å². The van der Waals surface area contributed by atoms with E-state index in [0.29, 0.717) is 28.5 Å². The summed E-state index contributed by atoms with van der Waals surface area (Å²) in [6.45, 7) is 1.83. The predicted molar refractivity (Wildman–Crippen MR) is 104 cm³/mol. The van der Waals surface area contributed by atoms with Gasteiger partial charge in [-0.2, -0.15) is 0 Å². The van der Waals surface area contributed by atoms with Crippen molar-refractivity contribution in [3.8, 4) is 39.8 Å². The maximum atomic E-state index is 9.85. The maximum absolute atomic E-state index is 9.85. The predicted octanol–water partition coefficient (Wildman–Crippen LogP) is 3.89. The molecule has 0 bridgehead atoms. The average Bonchev–Trinajstić information content (AvgIpc) is 3.36. The van der Waals surface area contributed by atoms with E-state index < -0.39 is 6.10 Å². The van der Waals surface area contributed by atoms with E-state index in [1.54, 1.807) is 18.2 Å². The number of hydrogen-bond donors (Lipinski definition) is 2. The summed E-state index contributed by atoms with van der Waals surface area (Å²) in [4.78, 5) is 0.